The van der Waals surface area contributed by atoms with Crippen molar-refractivity contribution >= 4 is 15.6 Å². The van der Waals surface area contributed by atoms with Gasteiger partial charge in [0.15, 0.2) is 12.0 Å². The fourth-order valence-corrected chi connectivity index (χ4v) is 3.76. The van der Waals surface area contributed by atoms with Crippen LogP contribution in [-0.4, -0.2) is 25.9 Å². The SMILES string of the molecule is N#Cc1cc(F)cc(Oc2ccc(S(=O)(=O)C(F)(F)F)c3c2C[C@@H](F)C3=O)c1. The van der Waals surface area contributed by atoms with Gasteiger partial charge in [0.25, 0.3) is 9.84 Å². The molecule has 0 N–H and O–H groups in total. The summed E-state index contributed by atoms with van der Waals surface area (Å²) in [4.78, 5) is 10.6. The minimum atomic E-state index is -5.91. The Bertz CT molecular complexity index is 1140. The highest BCUT2D eigenvalue weighted by molar-refractivity contribution is 7.92. The van der Waals surface area contributed by atoms with Crippen LogP contribution in [0.5, 0.6) is 11.5 Å². The van der Waals surface area contributed by atoms with E-state index in [4.69, 9.17) is 10.00 Å². The third-order valence-electron chi connectivity index (χ3n) is 3.97. The Morgan fingerprint density at radius 1 is 1.18 bits per heavy atom. The van der Waals surface area contributed by atoms with Crippen molar-refractivity contribution in [2.24, 2.45) is 0 Å². The van der Waals surface area contributed by atoms with Gasteiger partial charge >= 0.3 is 5.51 Å². The standard InChI is InChI=1S/C17H8F5NO4S/c18-9-3-8(7-23)4-10(5-9)27-13-1-2-14(28(25,26)17(20,21)22)15-11(13)6-12(19)16(15)24/h1-5,12H,6H2/t12-/m1/s1. The van der Waals surface area contributed by atoms with Gasteiger partial charge in [-0.2, -0.15) is 18.4 Å². The number of sulfone groups is 1. The molecule has 28 heavy (non-hydrogen) atoms. The zero-order chi connectivity index (χ0) is 20.9. The molecular weight excluding hydrogens is 409 g/mol. The first-order chi connectivity index (χ1) is 13.0. The molecule has 0 heterocycles. The van der Waals surface area contributed by atoms with Gasteiger partial charge in [0.05, 0.1) is 16.5 Å². The number of nitriles is 1. The maximum absolute atomic E-state index is 13.9. The Hall–Kier alpha value is -3.00. The smallest absolute Gasteiger partial charge is 0.457 e. The molecule has 0 saturated heterocycles. The lowest BCUT2D eigenvalue weighted by Crippen LogP contribution is -2.25. The molecule has 11 heteroatoms. The van der Waals surface area contributed by atoms with E-state index in [0.717, 1.165) is 24.3 Å². The molecule has 3 rings (SSSR count). The van der Waals surface area contributed by atoms with Crippen molar-refractivity contribution in [3.63, 3.8) is 0 Å². The summed E-state index contributed by atoms with van der Waals surface area (Å²) in [5, 5.41) is 8.84. The van der Waals surface area contributed by atoms with E-state index in [1.165, 1.54) is 0 Å². The third-order valence-corrected chi connectivity index (χ3v) is 5.50. The van der Waals surface area contributed by atoms with E-state index < -0.39 is 50.0 Å². The number of alkyl halides is 4. The monoisotopic (exact) mass is 417 g/mol. The number of halogens is 5. The van der Waals surface area contributed by atoms with Crippen molar-refractivity contribution in [2.75, 3.05) is 0 Å². The number of rotatable bonds is 3. The Kier molecular flexibility index (Phi) is 4.63. The van der Waals surface area contributed by atoms with Crippen molar-refractivity contribution < 1.29 is 39.9 Å². The number of carbonyl (C=O) groups excluding carboxylic acids is 1. The number of Topliss-reactive ketones (excluding diaryl/α,β-unsaturated/α-hetero) is 1. The third kappa shape index (κ3) is 3.20. The molecule has 2 aromatic rings. The summed E-state index contributed by atoms with van der Waals surface area (Å²) < 4.78 is 94.9. The number of nitrogens with zero attached hydrogens (tertiary/aromatic N) is 1. The van der Waals surface area contributed by atoms with Gasteiger partial charge in [-0.05, 0) is 24.3 Å². The normalized spacial score (nSPS) is 16.6. The highest BCUT2D eigenvalue weighted by Gasteiger charge is 2.50. The number of ether oxygens (including phenoxy) is 1. The quantitative estimate of drug-likeness (QED) is 0.709. The molecule has 0 aromatic heterocycles. The molecule has 1 aliphatic carbocycles. The van der Waals surface area contributed by atoms with Crippen LogP contribution in [0.25, 0.3) is 0 Å². The first kappa shape index (κ1) is 19.8. The largest absolute Gasteiger partial charge is 0.501 e. The highest BCUT2D eigenvalue weighted by Crippen LogP contribution is 2.42. The molecule has 0 amide bonds. The minimum Gasteiger partial charge on any atom is -0.457 e. The molecule has 0 fully saturated rings. The van der Waals surface area contributed by atoms with Gasteiger partial charge in [-0.25, -0.2) is 17.2 Å². The van der Waals surface area contributed by atoms with Crippen LogP contribution in [0, 0.1) is 17.1 Å². The zero-order valence-corrected chi connectivity index (χ0v) is 14.4. The van der Waals surface area contributed by atoms with Gasteiger partial charge in [-0.1, -0.05) is 0 Å². The summed E-state index contributed by atoms with van der Waals surface area (Å²) in [6, 6.07) is 5.84. The topological polar surface area (TPSA) is 84.2 Å². The molecule has 146 valence electrons. The van der Waals surface area contributed by atoms with Crippen LogP contribution < -0.4 is 4.74 Å². The van der Waals surface area contributed by atoms with E-state index in [0.29, 0.717) is 6.07 Å². The van der Waals surface area contributed by atoms with E-state index >= 15 is 0 Å². The van der Waals surface area contributed by atoms with Crippen molar-refractivity contribution in [1.82, 2.24) is 0 Å². The lowest BCUT2D eigenvalue weighted by Gasteiger charge is -2.15. The predicted molar refractivity (Wildman–Crippen MR) is 83.8 cm³/mol. The van der Waals surface area contributed by atoms with Crippen molar-refractivity contribution in [3.05, 3.63) is 52.8 Å². The maximum atomic E-state index is 13.9. The summed E-state index contributed by atoms with van der Waals surface area (Å²) in [5.41, 5.74) is -7.14. The second kappa shape index (κ2) is 6.56. The fourth-order valence-electron chi connectivity index (χ4n) is 2.77. The molecule has 1 atom stereocenters. The zero-order valence-electron chi connectivity index (χ0n) is 13.5. The Labute approximate surface area is 154 Å². The average molecular weight is 417 g/mol. The Morgan fingerprint density at radius 2 is 1.86 bits per heavy atom. The van der Waals surface area contributed by atoms with Gasteiger partial charge < -0.3 is 4.74 Å². The molecule has 0 spiro atoms. The van der Waals surface area contributed by atoms with E-state index in [1.54, 1.807) is 6.07 Å². The maximum Gasteiger partial charge on any atom is 0.501 e. The number of fused-ring (bicyclic) bond motifs is 1. The summed E-state index contributed by atoms with van der Waals surface area (Å²) in [7, 11) is -5.91. The number of hydrogen-bond acceptors (Lipinski definition) is 5. The molecule has 0 radical (unpaired) electrons. The van der Waals surface area contributed by atoms with Crippen LogP contribution in [0.3, 0.4) is 0 Å². The van der Waals surface area contributed by atoms with Crippen molar-refractivity contribution in [3.8, 4) is 17.6 Å². The van der Waals surface area contributed by atoms with E-state index in [-0.39, 0.29) is 22.6 Å². The molecule has 5 nitrogen and oxygen atoms in total. The van der Waals surface area contributed by atoms with Crippen LogP contribution in [0.2, 0.25) is 0 Å². The first-order valence-corrected chi connectivity index (χ1v) is 8.98. The van der Waals surface area contributed by atoms with Gasteiger partial charge in [-0.3, -0.25) is 4.79 Å². The lowest BCUT2D eigenvalue weighted by molar-refractivity contribution is -0.0436. The summed E-state index contributed by atoms with van der Waals surface area (Å²) in [6.07, 6.45) is -2.95. The van der Waals surface area contributed by atoms with Gasteiger partial charge in [0.2, 0.25) is 0 Å². The molecular formula is C17H8F5NO4S. The van der Waals surface area contributed by atoms with Crippen LogP contribution in [0.15, 0.2) is 35.2 Å². The summed E-state index contributed by atoms with van der Waals surface area (Å²) >= 11 is 0. The van der Waals surface area contributed by atoms with E-state index in [1.807, 2.05) is 0 Å². The van der Waals surface area contributed by atoms with Crippen LogP contribution in [0.4, 0.5) is 22.0 Å². The average Bonchev–Trinajstić information content (AvgIpc) is 2.89. The van der Waals surface area contributed by atoms with Gasteiger partial charge in [0, 0.05) is 23.6 Å². The molecule has 2 aromatic carbocycles. The first-order valence-electron chi connectivity index (χ1n) is 7.49. The minimum absolute atomic E-state index is 0.123. The van der Waals surface area contributed by atoms with Crippen LogP contribution in [0.1, 0.15) is 21.5 Å². The van der Waals surface area contributed by atoms with Crippen LogP contribution >= 0.6 is 0 Å². The summed E-state index contributed by atoms with van der Waals surface area (Å²) in [6.45, 7) is 0. The lowest BCUT2D eigenvalue weighted by atomic mass is 10.1. The second-order valence-electron chi connectivity index (χ2n) is 5.79. The number of hydrogen-bond donors (Lipinski definition) is 0. The Morgan fingerprint density at radius 3 is 2.46 bits per heavy atom. The second-order valence-corrected chi connectivity index (χ2v) is 7.70. The number of ketones is 1. The van der Waals surface area contributed by atoms with E-state index in [9.17, 15) is 35.2 Å². The highest BCUT2D eigenvalue weighted by atomic mass is 32.2. The molecule has 0 aliphatic heterocycles. The Balaban J connectivity index is 2.16. The fraction of sp³-hybridized carbons (Fsp3) is 0.176. The summed E-state index contributed by atoms with van der Waals surface area (Å²) in [5.74, 6) is -2.82. The predicted octanol–water partition coefficient (Wildman–Crippen LogP) is 3.86. The molecule has 0 unspecified atom stereocenters. The van der Waals surface area contributed by atoms with Crippen molar-refractivity contribution in [1.29, 1.82) is 5.26 Å². The van der Waals surface area contributed by atoms with Crippen LogP contribution in [-0.2, 0) is 16.3 Å². The van der Waals surface area contributed by atoms with Crippen molar-refractivity contribution in [2.45, 2.75) is 23.0 Å². The van der Waals surface area contributed by atoms with Gasteiger partial charge in [0.1, 0.15) is 17.3 Å². The molecule has 0 saturated carbocycles. The number of carbonyl (C=O) groups is 1. The van der Waals surface area contributed by atoms with E-state index in [2.05, 4.69) is 0 Å². The molecule has 0 bridgehead atoms. The number of benzene rings is 2. The van der Waals surface area contributed by atoms with Gasteiger partial charge in [-0.15, -0.1) is 0 Å². The molecule has 1 aliphatic rings.